The van der Waals surface area contributed by atoms with Crippen LogP contribution in [0, 0.1) is 4.91 Å². The third-order valence-corrected chi connectivity index (χ3v) is 4.08. The molecule has 1 aromatic rings. The highest BCUT2D eigenvalue weighted by Crippen LogP contribution is 2.42. The molecule has 20 heavy (non-hydrogen) atoms. The third kappa shape index (κ3) is 2.30. The van der Waals surface area contributed by atoms with Crippen LogP contribution in [0.15, 0.2) is 28.9 Å². The van der Waals surface area contributed by atoms with E-state index in [-0.39, 0.29) is 12.8 Å². The first-order chi connectivity index (χ1) is 9.83. The topological polar surface area (TPSA) is 47.9 Å². The van der Waals surface area contributed by atoms with Gasteiger partial charge in [0.1, 0.15) is 6.04 Å². The number of fused-ring (bicyclic) bond motifs is 1. The van der Waals surface area contributed by atoms with Gasteiger partial charge in [0.2, 0.25) is 6.79 Å². The number of allylic oxidation sites excluding steroid dienone is 1. The van der Waals surface area contributed by atoms with Crippen molar-refractivity contribution in [3.63, 3.8) is 0 Å². The molecule has 106 valence electrons. The zero-order valence-corrected chi connectivity index (χ0v) is 11.7. The second-order valence-corrected chi connectivity index (χ2v) is 5.35. The van der Waals surface area contributed by atoms with Crippen LogP contribution in [-0.2, 0) is 0 Å². The molecule has 0 fully saturated rings. The molecule has 3 rings (SSSR count). The van der Waals surface area contributed by atoms with Gasteiger partial charge in [-0.05, 0) is 49.0 Å². The second-order valence-electron chi connectivity index (χ2n) is 5.35. The molecule has 0 bridgehead atoms. The molecule has 0 saturated heterocycles. The van der Waals surface area contributed by atoms with E-state index in [1.807, 2.05) is 18.2 Å². The largest absolute Gasteiger partial charge is 0.454 e. The monoisotopic (exact) mass is 273 g/mol. The number of nitrogens with zero attached hydrogens (tertiary/aromatic N) is 1. The summed E-state index contributed by atoms with van der Waals surface area (Å²) in [5.74, 6) is 1.54. The molecule has 0 aromatic heterocycles. The fraction of sp³-hybridized carbons (Fsp3) is 0.500. The summed E-state index contributed by atoms with van der Waals surface area (Å²) >= 11 is 0. The standard InChI is InChI=1S/C16H19NO3/c1-2-3-4-11-5-7-13(17-18)16(11)12-6-8-14-15(9-12)20-10-19-14/h6,8-9,13H,2-5,7,10H2,1H3. The van der Waals surface area contributed by atoms with Crippen LogP contribution in [0.5, 0.6) is 11.5 Å². The Morgan fingerprint density at radius 1 is 1.30 bits per heavy atom. The Morgan fingerprint density at radius 2 is 2.15 bits per heavy atom. The van der Waals surface area contributed by atoms with Crippen LogP contribution < -0.4 is 9.47 Å². The maximum Gasteiger partial charge on any atom is 0.231 e. The fourth-order valence-electron chi connectivity index (χ4n) is 3.04. The zero-order chi connectivity index (χ0) is 13.9. The van der Waals surface area contributed by atoms with Gasteiger partial charge >= 0.3 is 0 Å². The Morgan fingerprint density at radius 3 is 2.95 bits per heavy atom. The lowest BCUT2D eigenvalue weighted by molar-refractivity contribution is 0.174. The third-order valence-electron chi connectivity index (χ3n) is 4.08. The van der Waals surface area contributed by atoms with Gasteiger partial charge in [0.25, 0.3) is 0 Å². The van der Waals surface area contributed by atoms with Gasteiger partial charge in [-0.2, -0.15) is 4.91 Å². The van der Waals surface area contributed by atoms with Crippen LogP contribution >= 0.6 is 0 Å². The van der Waals surface area contributed by atoms with Crippen LogP contribution in [0.25, 0.3) is 5.57 Å². The van der Waals surface area contributed by atoms with Crippen molar-refractivity contribution in [2.24, 2.45) is 5.18 Å². The minimum absolute atomic E-state index is 0.206. The highest BCUT2D eigenvalue weighted by atomic mass is 16.7. The van der Waals surface area contributed by atoms with E-state index in [1.54, 1.807) is 0 Å². The Bertz CT molecular complexity index is 551. The lowest BCUT2D eigenvalue weighted by atomic mass is 9.96. The molecule has 1 atom stereocenters. The smallest absolute Gasteiger partial charge is 0.231 e. The van der Waals surface area contributed by atoms with Gasteiger partial charge in [0, 0.05) is 0 Å². The van der Waals surface area contributed by atoms with Crippen molar-refractivity contribution in [2.45, 2.75) is 45.1 Å². The Kier molecular flexibility index (Phi) is 3.72. The molecule has 1 aliphatic heterocycles. The molecule has 0 radical (unpaired) electrons. The van der Waals surface area contributed by atoms with Crippen molar-refractivity contribution >= 4 is 5.57 Å². The van der Waals surface area contributed by atoms with Gasteiger partial charge < -0.3 is 9.47 Å². The van der Waals surface area contributed by atoms with E-state index >= 15 is 0 Å². The first kappa shape index (κ1) is 13.2. The number of unbranched alkanes of at least 4 members (excludes halogenated alkanes) is 1. The molecule has 0 spiro atoms. The van der Waals surface area contributed by atoms with Gasteiger partial charge in [0.15, 0.2) is 11.5 Å². The van der Waals surface area contributed by atoms with E-state index in [2.05, 4.69) is 12.1 Å². The van der Waals surface area contributed by atoms with Crippen molar-refractivity contribution in [1.82, 2.24) is 0 Å². The van der Waals surface area contributed by atoms with E-state index in [1.165, 1.54) is 5.57 Å². The van der Waals surface area contributed by atoms with Crippen molar-refractivity contribution in [3.8, 4) is 11.5 Å². The van der Waals surface area contributed by atoms with E-state index in [0.29, 0.717) is 0 Å². The molecule has 0 saturated carbocycles. The summed E-state index contributed by atoms with van der Waals surface area (Å²) in [5, 5.41) is 3.32. The lowest BCUT2D eigenvalue weighted by Crippen LogP contribution is -2.01. The van der Waals surface area contributed by atoms with Gasteiger partial charge in [0.05, 0.1) is 0 Å². The van der Waals surface area contributed by atoms with Crippen molar-refractivity contribution < 1.29 is 9.47 Å². The van der Waals surface area contributed by atoms with Gasteiger partial charge in [-0.1, -0.05) is 30.2 Å². The van der Waals surface area contributed by atoms with Crippen LogP contribution in [0.2, 0.25) is 0 Å². The fourth-order valence-corrected chi connectivity index (χ4v) is 3.04. The van der Waals surface area contributed by atoms with Gasteiger partial charge in [-0.15, -0.1) is 0 Å². The zero-order valence-electron chi connectivity index (χ0n) is 11.7. The highest BCUT2D eigenvalue weighted by Gasteiger charge is 2.28. The average Bonchev–Trinajstić information content (AvgIpc) is 3.10. The molecule has 0 amide bonds. The quantitative estimate of drug-likeness (QED) is 0.752. The Hall–Kier alpha value is -1.84. The summed E-state index contributed by atoms with van der Waals surface area (Å²) in [6.07, 6.45) is 5.21. The summed E-state index contributed by atoms with van der Waals surface area (Å²) < 4.78 is 10.8. The lowest BCUT2D eigenvalue weighted by Gasteiger charge is -2.11. The second kappa shape index (κ2) is 5.65. The summed E-state index contributed by atoms with van der Waals surface area (Å²) in [6, 6.07) is 5.70. The Balaban J connectivity index is 1.96. The minimum Gasteiger partial charge on any atom is -0.454 e. The number of benzene rings is 1. The number of nitroso groups, excluding NO2 is 1. The number of rotatable bonds is 5. The predicted molar refractivity (Wildman–Crippen MR) is 77.8 cm³/mol. The first-order valence-electron chi connectivity index (χ1n) is 7.28. The molecule has 1 heterocycles. The Labute approximate surface area is 118 Å². The van der Waals surface area contributed by atoms with Gasteiger partial charge in [-0.3, -0.25) is 0 Å². The molecule has 4 heteroatoms. The van der Waals surface area contributed by atoms with Crippen molar-refractivity contribution in [3.05, 3.63) is 34.2 Å². The minimum atomic E-state index is -0.206. The normalized spacial score (nSPS) is 20.6. The summed E-state index contributed by atoms with van der Waals surface area (Å²) in [4.78, 5) is 11.1. The van der Waals surface area contributed by atoms with Gasteiger partial charge in [-0.25, -0.2) is 0 Å². The molecule has 0 N–H and O–H groups in total. The number of hydrogen-bond acceptors (Lipinski definition) is 4. The van der Waals surface area contributed by atoms with Crippen molar-refractivity contribution in [2.75, 3.05) is 6.79 Å². The van der Waals surface area contributed by atoms with Crippen LogP contribution in [0.4, 0.5) is 0 Å². The van der Waals surface area contributed by atoms with E-state index in [4.69, 9.17) is 9.47 Å². The maximum absolute atomic E-state index is 11.1. The molecular weight excluding hydrogens is 254 g/mol. The van der Waals surface area contributed by atoms with Crippen LogP contribution in [-0.4, -0.2) is 12.8 Å². The number of hydrogen-bond donors (Lipinski definition) is 0. The predicted octanol–water partition coefficient (Wildman–Crippen LogP) is 4.29. The average molecular weight is 273 g/mol. The molecule has 2 aliphatic rings. The van der Waals surface area contributed by atoms with Crippen LogP contribution in [0.1, 0.15) is 44.6 Å². The van der Waals surface area contributed by atoms with Crippen LogP contribution in [0.3, 0.4) is 0 Å². The van der Waals surface area contributed by atoms with Crippen molar-refractivity contribution in [1.29, 1.82) is 0 Å². The molecule has 4 nitrogen and oxygen atoms in total. The summed E-state index contributed by atoms with van der Waals surface area (Å²) in [7, 11) is 0. The summed E-state index contributed by atoms with van der Waals surface area (Å²) in [5.41, 5.74) is 3.56. The van der Waals surface area contributed by atoms with E-state index in [0.717, 1.165) is 54.7 Å². The molecular formula is C16H19NO3. The van der Waals surface area contributed by atoms with E-state index < -0.39 is 0 Å². The first-order valence-corrected chi connectivity index (χ1v) is 7.28. The molecule has 1 unspecified atom stereocenters. The molecule has 1 aromatic carbocycles. The number of ether oxygens (including phenoxy) is 2. The van der Waals surface area contributed by atoms with E-state index in [9.17, 15) is 4.91 Å². The SMILES string of the molecule is CCCCC1=C(c2ccc3c(c2)OCO3)C(N=O)CC1. The summed E-state index contributed by atoms with van der Waals surface area (Å²) in [6.45, 7) is 2.46. The highest BCUT2D eigenvalue weighted by molar-refractivity contribution is 5.76. The maximum atomic E-state index is 11.1. The molecule has 1 aliphatic carbocycles.